The van der Waals surface area contributed by atoms with Crippen LogP contribution in [-0.4, -0.2) is 58.1 Å². The van der Waals surface area contributed by atoms with E-state index in [9.17, 15) is 4.39 Å². The molecule has 11 heteroatoms. The number of aryl methyl sites for hydroxylation is 1. The van der Waals surface area contributed by atoms with Crippen molar-refractivity contribution in [1.82, 2.24) is 24.8 Å². The summed E-state index contributed by atoms with van der Waals surface area (Å²) in [6.07, 6.45) is 1.57. The van der Waals surface area contributed by atoms with E-state index in [-0.39, 0.29) is 11.8 Å². The van der Waals surface area contributed by atoms with Crippen molar-refractivity contribution in [2.24, 2.45) is 0 Å². The number of likely N-dealkylation sites (N-methyl/N-ethyl adjacent to an activating group) is 1. The van der Waals surface area contributed by atoms with Crippen LogP contribution in [-0.2, 0) is 0 Å². The smallest absolute Gasteiger partial charge is 0.326 e. The molecule has 1 aliphatic rings. The Morgan fingerprint density at radius 2 is 1.97 bits per heavy atom. The average molecular weight is 474 g/mol. The minimum atomic E-state index is -0.492. The zero-order valence-corrected chi connectivity index (χ0v) is 19.1. The number of hydrogen-bond donors (Lipinski definition) is 2. The van der Waals surface area contributed by atoms with Gasteiger partial charge in [0.25, 0.3) is 0 Å². The molecular formula is C21H21ClFN7OS. The van der Waals surface area contributed by atoms with Crippen LogP contribution in [0.5, 0.6) is 11.8 Å². The van der Waals surface area contributed by atoms with E-state index in [1.54, 1.807) is 12.3 Å². The highest BCUT2D eigenvalue weighted by Crippen LogP contribution is 2.31. The molecule has 32 heavy (non-hydrogen) atoms. The van der Waals surface area contributed by atoms with Crippen LogP contribution in [0.1, 0.15) is 5.69 Å². The first-order valence-corrected chi connectivity index (χ1v) is 11.3. The minimum Gasteiger partial charge on any atom is -0.421 e. The van der Waals surface area contributed by atoms with Crippen LogP contribution in [0.25, 0.3) is 10.9 Å². The number of aromatic nitrogens is 4. The van der Waals surface area contributed by atoms with E-state index in [4.69, 9.17) is 16.3 Å². The SMILES string of the molecule is Cc1cc2cc(Oc3nc(Nc4ncc(Cl)s4)cc(N4CCN(C)CC4)n3)c(F)cc2[nH]1. The second-order valence-electron chi connectivity index (χ2n) is 7.70. The number of hydrogen-bond acceptors (Lipinski definition) is 8. The van der Waals surface area contributed by atoms with Gasteiger partial charge in [0.1, 0.15) is 16.0 Å². The van der Waals surface area contributed by atoms with Gasteiger partial charge in [-0.05, 0) is 26.1 Å². The number of thiazole rings is 1. The molecule has 166 valence electrons. The Balaban J connectivity index is 1.49. The monoisotopic (exact) mass is 473 g/mol. The maximum Gasteiger partial charge on any atom is 0.326 e. The molecule has 0 radical (unpaired) electrons. The fourth-order valence-electron chi connectivity index (χ4n) is 3.60. The maximum absolute atomic E-state index is 14.7. The Morgan fingerprint density at radius 1 is 1.16 bits per heavy atom. The van der Waals surface area contributed by atoms with Crippen LogP contribution in [0, 0.1) is 12.7 Å². The van der Waals surface area contributed by atoms with Gasteiger partial charge in [0.05, 0.1) is 6.20 Å². The Morgan fingerprint density at radius 3 is 2.72 bits per heavy atom. The van der Waals surface area contributed by atoms with E-state index in [0.717, 1.165) is 37.3 Å². The maximum atomic E-state index is 14.7. The second-order valence-corrected chi connectivity index (χ2v) is 9.37. The largest absolute Gasteiger partial charge is 0.421 e. The van der Waals surface area contributed by atoms with Crippen molar-refractivity contribution < 1.29 is 9.13 Å². The fourth-order valence-corrected chi connectivity index (χ4v) is 4.42. The van der Waals surface area contributed by atoms with Crippen molar-refractivity contribution in [2.45, 2.75) is 6.92 Å². The summed E-state index contributed by atoms with van der Waals surface area (Å²) < 4.78 is 21.1. The third-order valence-corrected chi connectivity index (χ3v) is 6.27. The molecule has 8 nitrogen and oxygen atoms in total. The summed E-state index contributed by atoms with van der Waals surface area (Å²) in [6, 6.07) is 6.88. The van der Waals surface area contributed by atoms with Gasteiger partial charge in [-0.25, -0.2) is 9.37 Å². The summed E-state index contributed by atoms with van der Waals surface area (Å²) in [6.45, 7) is 5.40. The molecule has 1 aromatic carbocycles. The van der Waals surface area contributed by atoms with Gasteiger partial charge < -0.3 is 24.8 Å². The van der Waals surface area contributed by atoms with Crippen LogP contribution < -0.4 is 15.0 Å². The highest BCUT2D eigenvalue weighted by molar-refractivity contribution is 7.19. The second kappa shape index (κ2) is 8.53. The van der Waals surface area contributed by atoms with Gasteiger partial charge in [-0.2, -0.15) is 9.97 Å². The highest BCUT2D eigenvalue weighted by atomic mass is 35.5. The Labute approximate surface area is 193 Å². The third kappa shape index (κ3) is 4.47. The highest BCUT2D eigenvalue weighted by Gasteiger charge is 2.19. The van der Waals surface area contributed by atoms with E-state index in [0.29, 0.717) is 26.6 Å². The molecule has 4 heterocycles. The van der Waals surface area contributed by atoms with Gasteiger partial charge in [-0.15, -0.1) is 0 Å². The Hall–Kier alpha value is -2.95. The molecule has 0 unspecified atom stereocenters. The van der Waals surface area contributed by atoms with Crippen molar-refractivity contribution in [3.63, 3.8) is 0 Å². The van der Waals surface area contributed by atoms with Gasteiger partial charge in [0.2, 0.25) is 0 Å². The normalized spacial score (nSPS) is 14.8. The van der Waals surface area contributed by atoms with Crippen molar-refractivity contribution in [3.8, 4) is 11.8 Å². The molecule has 0 saturated carbocycles. The van der Waals surface area contributed by atoms with E-state index in [2.05, 4.69) is 42.1 Å². The van der Waals surface area contributed by atoms with Crippen LogP contribution in [0.2, 0.25) is 4.34 Å². The molecule has 5 rings (SSSR count). The van der Waals surface area contributed by atoms with Crippen molar-refractivity contribution in [2.75, 3.05) is 43.4 Å². The van der Waals surface area contributed by atoms with Crippen LogP contribution in [0.3, 0.4) is 0 Å². The van der Waals surface area contributed by atoms with Gasteiger partial charge in [-0.3, -0.25) is 0 Å². The summed E-state index contributed by atoms with van der Waals surface area (Å²) in [4.78, 5) is 20.8. The number of benzene rings is 1. The lowest BCUT2D eigenvalue weighted by Gasteiger charge is -2.33. The lowest BCUT2D eigenvalue weighted by atomic mass is 10.2. The quantitative estimate of drug-likeness (QED) is 0.430. The summed E-state index contributed by atoms with van der Waals surface area (Å²) in [7, 11) is 2.09. The molecule has 1 fully saturated rings. The average Bonchev–Trinajstić information content (AvgIpc) is 3.32. The first kappa shape index (κ1) is 20.9. The lowest BCUT2D eigenvalue weighted by Crippen LogP contribution is -2.44. The first-order valence-electron chi connectivity index (χ1n) is 10.1. The standard InChI is InChI=1S/C21H21ClFN7OS/c1-12-7-13-8-16(14(23)9-15(13)25-12)31-20-26-18(27-21-24-11-17(22)32-21)10-19(28-20)30-5-3-29(2)4-6-30/h7-11,25H,3-6H2,1-2H3,(H,24,26,27,28). The third-order valence-electron chi connectivity index (χ3n) is 5.24. The molecule has 0 aliphatic carbocycles. The van der Waals surface area contributed by atoms with Gasteiger partial charge in [0.15, 0.2) is 16.7 Å². The van der Waals surface area contributed by atoms with E-state index in [1.165, 1.54) is 17.4 Å². The molecule has 1 saturated heterocycles. The molecule has 0 atom stereocenters. The predicted molar refractivity (Wildman–Crippen MR) is 125 cm³/mol. The molecule has 4 aromatic rings. The zero-order valence-electron chi connectivity index (χ0n) is 17.5. The molecule has 3 aromatic heterocycles. The first-order chi connectivity index (χ1) is 15.4. The predicted octanol–water partition coefficient (Wildman–Crippen LogP) is 4.80. The van der Waals surface area contributed by atoms with Crippen LogP contribution >= 0.6 is 22.9 Å². The topological polar surface area (TPSA) is 82.2 Å². The number of nitrogens with zero attached hydrogens (tertiary/aromatic N) is 5. The molecule has 0 bridgehead atoms. The fraction of sp³-hybridized carbons (Fsp3) is 0.286. The minimum absolute atomic E-state index is 0.0529. The molecule has 0 amide bonds. The van der Waals surface area contributed by atoms with Gasteiger partial charge >= 0.3 is 6.01 Å². The number of aromatic amines is 1. The number of fused-ring (bicyclic) bond motifs is 1. The van der Waals surface area contributed by atoms with Gasteiger partial charge in [-0.1, -0.05) is 22.9 Å². The number of rotatable bonds is 5. The Kier molecular flexibility index (Phi) is 5.58. The number of piperazine rings is 1. The number of anilines is 3. The number of halogens is 2. The lowest BCUT2D eigenvalue weighted by molar-refractivity contribution is 0.311. The van der Waals surface area contributed by atoms with Crippen LogP contribution in [0.15, 0.2) is 30.5 Å². The summed E-state index contributed by atoms with van der Waals surface area (Å²) >= 11 is 7.30. The van der Waals surface area contributed by atoms with Crippen LogP contribution in [0.4, 0.5) is 21.2 Å². The number of H-pyrrole nitrogens is 1. The van der Waals surface area contributed by atoms with E-state index >= 15 is 0 Å². The molecular weight excluding hydrogens is 453 g/mol. The molecule has 1 aliphatic heterocycles. The summed E-state index contributed by atoms with van der Waals surface area (Å²) in [5, 5.41) is 4.59. The summed E-state index contributed by atoms with van der Waals surface area (Å²) in [5.41, 5.74) is 1.65. The van der Waals surface area contributed by atoms with E-state index in [1.807, 2.05) is 19.1 Å². The molecule has 2 N–H and O–H groups in total. The van der Waals surface area contributed by atoms with Gasteiger partial charge in [0, 0.05) is 54.9 Å². The Bertz CT molecular complexity index is 1270. The number of ether oxygens (including phenoxy) is 1. The van der Waals surface area contributed by atoms with Crippen molar-refractivity contribution >= 4 is 50.6 Å². The summed E-state index contributed by atoms with van der Waals surface area (Å²) in [5.74, 6) is 0.769. The van der Waals surface area contributed by atoms with E-state index < -0.39 is 5.82 Å². The van der Waals surface area contributed by atoms with Crippen molar-refractivity contribution in [3.05, 3.63) is 46.3 Å². The number of nitrogens with one attached hydrogen (secondary N) is 2. The zero-order chi connectivity index (χ0) is 22.2. The van der Waals surface area contributed by atoms with Crippen molar-refractivity contribution in [1.29, 1.82) is 0 Å². The molecule has 0 spiro atoms.